The van der Waals surface area contributed by atoms with Gasteiger partial charge in [-0.15, -0.1) is 0 Å². The molecule has 146 valence electrons. The molecule has 1 aromatic rings. The highest BCUT2D eigenvalue weighted by Crippen LogP contribution is 2.23. The van der Waals surface area contributed by atoms with Crippen molar-refractivity contribution in [3.63, 3.8) is 0 Å². The predicted molar refractivity (Wildman–Crippen MR) is 98.1 cm³/mol. The van der Waals surface area contributed by atoms with Crippen molar-refractivity contribution in [2.75, 3.05) is 44.8 Å². The summed E-state index contributed by atoms with van der Waals surface area (Å²) < 4.78 is 40.5. The Morgan fingerprint density at radius 3 is 2.92 bits per heavy atom. The van der Waals surface area contributed by atoms with Crippen molar-refractivity contribution < 1.29 is 17.9 Å². The van der Waals surface area contributed by atoms with E-state index >= 15 is 0 Å². The van der Waals surface area contributed by atoms with Crippen LogP contribution in [-0.2, 0) is 4.74 Å². The van der Waals surface area contributed by atoms with Gasteiger partial charge in [-0.2, -0.15) is 13.2 Å². The summed E-state index contributed by atoms with van der Waals surface area (Å²) >= 11 is 6.04. The van der Waals surface area contributed by atoms with E-state index in [9.17, 15) is 13.2 Å². The SMILES string of the molecule is CN=C(NCCCOCC(F)(F)F)NC1CCN(c2cccc(Cl)c2)C1. The van der Waals surface area contributed by atoms with Crippen molar-refractivity contribution in [2.24, 2.45) is 4.99 Å². The Kier molecular flexibility index (Phi) is 7.84. The van der Waals surface area contributed by atoms with E-state index in [0.29, 0.717) is 23.9 Å². The first-order chi connectivity index (χ1) is 12.4. The van der Waals surface area contributed by atoms with Gasteiger partial charge in [-0.25, -0.2) is 0 Å². The zero-order valence-corrected chi connectivity index (χ0v) is 15.4. The minimum absolute atomic E-state index is 0.0511. The molecule has 0 aromatic heterocycles. The Hall–Kier alpha value is -1.67. The lowest BCUT2D eigenvalue weighted by Crippen LogP contribution is -2.45. The third-order valence-corrected chi connectivity index (χ3v) is 4.18. The number of guanidine groups is 1. The van der Waals surface area contributed by atoms with Crippen LogP contribution in [0.3, 0.4) is 0 Å². The number of anilines is 1. The second-order valence-corrected chi connectivity index (χ2v) is 6.51. The topological polar surface area (TPSA) is 48.9 Å². The molecule has 0 amide bonds. The van der Waals surface area contributed by atoms with E-state index in [2.05, 4.69) is 25.3 Å². The molecule has 0 saturated carbocycles. The van der Waals surface area contributed by atoms with Crippen LogP contribution in [0.1, 0.15) is 12.8 Å². The average Bonchev–Trinajstić information content (AvgIpc) is 3.04. The van der Waals surface area contributed by atoms with Crippen LogP contribution in [0.2, 0.25) is 5.02 Å². The van der Waals surface area contributed by atoms with E-state index in [1.54, 1.807) is 7.05 Å². The van der Waals surface area contributed by atoms with Gasteiger partial charge in [-0.1, -0.05) is 17.7 Å². The number of nitrogens with zero attached hydrogens (tertiary/aromatic N) is 2. The quantitative estimate of drug-likeness (QED) is 0.425. The molecule has 1 atom stereocenters. The van der Waals surface area contributed by atoms with Gasteiger partial charge in [0.15, 0.2) is 5.96 Å². The summed E-state index contributed by atoms with van der Waals surface area (Å²) in [6, 6.07) is 7.99. The summed E-state index contributed by atoms with van der Waals surface area (Å²) in [6.45, 7) is 1.08. The molecule has 5 nitrogen and oxygen atoms in total. The molecule has 1 saturated heterocycles. The largest absolute Gasteiger partial charge is 0.411 e. The number of alkyl halides is 3. The number of rotatable bonds is 7. The first-order valence-corrected chi connectivity index (χ1v) is 8.87. The monoisotopic (exact) mass is 392 g/mol. The molecule has 1 aromatic carbocycles. The molecular weight excluding hydrogens is 369 g/mol. The van der Waals surface area contributed by atoms with Crippen molar-refractivity contribution in [3.8, 4) is 0 Å². The van der Waals surface area contributed by atoms with Crippen LogP contribution in [-0.4, -0.2) is 58.1 Å². The fraction of sp³-hybridized carbons (Fsp3) is 0.588. The van der Waals surface area contributed by atoms with Crippen LogP contribution < -0.4 is 15.5 Å². The van der Waals surface area contributed by atoms with Gasteiger partial charge < -0.3 is 20.3 Å². The molecular formula is C17H24ClF3N4O. The molecule has 2 N–H and O–H groups in total. The first-order valence-electron chi connectivity index (χ1n) is 8.49. The summed E-state index contributed by atoms with van der Waals surface area (Å²) in [4.78, 5) is 6.41. The molecule has 1 aliphatic rings. The van der Waals surface area contributed by atoms with Crippen LogP contribution in [0.4, 0.5) is 18.9 Å². The predicted octanol–water partition coefficient (Wildman–Crippen LogP) is 3.05. The number of hydrogen-bond acceptors (Lipinski definition) is 3. The summed E-state index contributed by atoms with van der Waals surface area (Å²) in [6.07, 6.45) is -2.85. The Morgan fingerprint density at radius 1 is 1.42 bits per heavy atom. The maximum atomic E-state index is 12.0. The Balaban J connectivity index is 1.67. The first kappa shape index (κ1) is 20.6. The maximum absolute atomic E-state index is 12.0. The second-order valence-electron chi connectivity index (χ2n) is 6.08. The number of benzene rings is 1. The minimum Gasteiger partial charge on any atom is -0.372 e. The van der Waals surface area contributed by atoms with Gasteiger partial charge in [0.25, 0.3) is 0 Å². The zero-order chi connectivity index (χ0) is 19.0. The van der Waals surface area contributed by atoms with E-state index in [1.807, 2.05) is 24.3 Å². The molecule has 1 heterocycles. The molecule has 9 heteroatoms. The standard InChI is InChI=1S/C17H24ClF3N4O/c1-22-16(23-7-3-9-26-12-17(19,20)21)24-14-6-8-25(11-14)15-5-2-4-13(18)10-15/h2,4-5,10,14H,3,6-9,11-12H2,1H3,(H2,22,23,24). The fourth-order valence-electron chi connectivity index (χ4n) is 2.74. The molecule has 2 rings (SSSR count). The molecule has 0 spiro atoms. The van der Waals surface area contributed by atoms with E-state index in [-0.39, 0.29) is 12.6 Å². The van der Waals surface area contributed by atoms with E-state index < -0.39 is 12.8 Å². The smallest absolute Gasteiger partial charge is 0.372 e. The van der Waals surface area contributed by atoms with Crippen LogP contribution in [0.25, 0.3) is 0 Å². The lowest BCUT2D eigenvalue weighted by atomic mass is 10.2. The highest BCUT2D eigenvalue weighted by molar-refractivity contribution is 6.30. The van der Waals surface area contributed by atoms with Gasteiger partial charge in [0, 0.05) is 50.0 Å². The van der Waals surface area contributed by atoms with Crippen molar-refractivity contribution in [2.45, 2.75) is 25.1 Å². The number of ether oxygens (including phenoxy) is 1. The normalized spacial score (nSPS) is 18.3. The van der Waals surface area contributed by atoms with Gasteiger partial charge in [0.05, 0.1) is 0 Å². The molecule has 0 aliphatic carbocycles. The van der Waals surface area contributed by atoms with Crippen molar-refractivity contribution >= 4 is 23.2 Å². The summed E-state index contributed by atoms with van der Waals surface area (Å²) in [5, 5.41) is 7.15. The summed E-state index contributed by atoms with van der Waals surface area (Å²) in [5.74, 6) is 0.638. The van der Waals surface area contributed by atoms with Crippen molar-refractivity contribution in [1.29, 1.82) is 0 Å². The van der Waals surface area contributed by atoms with Crippen molar-refractivity contribution in [1.82, 2.24) is 10.6 Å². The molecule has 1 unspecified atom stereocenters. The van der Waals surface area contributed by atoms with E-state index in [4.69, 9.17) is 11.6 Å². The maximum Gasteiger partial charge on any atom is 0.411 e. The van der Waals surface area contributed by atoms with Crippen molar-refractivity contribution in [3.05, 3.63) is 29.3 Å². The Labute approximate surface area is 156 Å². The van der Waals surface area contributed by atoms with Crippen LogP contribution in [0, 0.1) is 0 Å². The van der Waals surface area contributed by atoms with Gasteiger partial charge in [0.2, 0.25) is 0 Å². The Morgan fingerprint density at radius 2 is 2.23 bits per heavy atom. The van der Waals surface area contributed by atoms with Gasteiger partial charge in [-0.3, -0.25) is 4.99 Å². The number of nitrogens with one attached hydrogen (secondary N) is 2. The lowest BCUT2D eigenvalue weighted by Gasteiger charge is -2.20. The van der Waals surface area contributed by atoms with Gasteiger partial charge in [-0.05, 0) is 31.0 Å². The third kappa shape index (κ3) is 7.29. The lowest BCUT2D eigenvalue weighted by molar-refractivity contribution is -0.173. The highest BCUT2D eigenvalue weighted by atomic mass is 35.5. The highest BCUT2D eigenvalue weighted by Gasteiger charge is 2.27. The number of aliphatic imine (C=N–C) groups is 1. The summed E-state index contributed by atoms with van der Waals surface area (Å²) in [7, 11) is 1.67. The zero-order valence-electron chi connectivity index (χ0n) is 14.7. The molecule has 0 bridgehead atoms. The molecule has 1 aliphatic heterocycles. The molecule has 26 heavy (non-hydrogen) atoms. The summed E-state index contributed by atoms with van der Waals surface area (Å²) in [5.41, 5.74) is 1.09. The number of hydrogen-bond donors (Lipinski definition) is 2. The van der Waals surface area contributed by atoms with Crippen LogP contribution >= 0.6 is 11.6 Å². The average molecular weight is 393 g/mol. The van der Waals surface area contributed by atoms with Crippen LogP contribution in [0.5, 0.6) is 0 Å². The fourth-order valence-corrected chi connectivity index (χ4v) is 2.93. The minimum atomic E-state index is -4.28. The molecule has 1 fully saturated rings. The van der Waals surface area contributed by atoms with Crippen LogP contribution in [0.15, 0.2) is 29.3 Å². The Bertz CT molecular complexity index is 598. The van der Waals surface area contributed by atoms with Gasteiger partial charge >= 0.3 is 6.18 Å². The third-order valence-electron chi connectivity index (χ3n) is 3.95. The van der Waals surface area contributed by atoms with E-state index in [1.165, 1.54) is 0 Å². The second kappa shape index (κ2) is 9.87. The number of halogens is 4. The molecule has 0 radical (unpaired) electrons. The van der Waals surface area contributed by atoms with E-state index in [0.717, 1.165) is 25.2 Å². The van der Waals surface area contributed by atoms with Gasteiger partial charge in [0.1, 0.15) is 6.61 Å².